The summed E-state index contributed by atoms with van der Waals surface area (Å²) in [5.41, 5.74) is -1.97. The minimum Gasteiger partial charge on any atom is -0.396 e. The number of nitrogens with one attached hydrogen (secondary N) is 2. The summed E-state index contributed by atoms with van der Waals surface area (Å²) in [6.07, 6.45) is -8.96. The van der Waals surface area contributed by atoms with Crippen molar-refractivity contribution in [3.63, 3.8) is 0 Å². The molecule has 0 unspecified atom stereocenters. The topological polar surface area (TPSA) is 70.1 Å². The Morgan fingerprint density at radius 1 is 0.923 bits per heavy atom. The lowest BCUT2D eigenvalue weighted by atomic mass is 10.2. The van der Waals surface area contributed by atoms with Gasteiger partial charge < -0.3 is 15.7 Å². The lowest BCUT2D eigenvalue weighted by Crippen LogP contribution is -2.14. The van der Waals surface area contributed by atoms with Crippen molar-refractivity contribution < 1.29 is 31.4 Å². The van der Waals surface area contributed by atoms with Crippen LogP contribution in [0.2, 0.25) is 0 Å². The summed E-state index contributed by atoms with van der Waals surface area (Å²) < 4.78 is 76.5. The lowest BCUT2D eigenvalue weighted by Gasteiger charge is -2.13. The average molecular weight is 380 g/mol. The second-order valence-corrected chi connectivity index (χ2v) is 5.16. The van der Waals surface area contributed by atoms with Gasteiger partial charge in [-0.25, -0.2) is 4.98 Å². The van der Waals surface area contributed by atoms with Gasteiger partial charge in [-0.1, -0.05) is 0 Å². The van der Waals surface area contributed by atoms with E-state index in [2.05, 4.69) is 20.6 Å². The van der Waals surface area contributed by atoms with Crippen LogP contribution in [0.4, 0.5) is 43.8 Å². The fraction of sp³-hybridized carbons (Fsp3) is 0.333. The Morgan fingerprint density at radius 3 is 2.12 bits per heavy atom. The predicted octanol–water partition coefficient (Wildman–Crippen LogP) is 4.05. The number of hydrogen-bond donors (Lipinski definition) is 3. The molecule has 1 aromatic heterocycles. The van der Waals surface area contributed by atoms with Crippen molar-refractivity contribution in [2.45, 2.75) is 18.8 Å². The normalized spacial score (nSPS) is 12.1. The minimum absolute atomic E-state index is 0.131. The Labute approximate surface area is 144 Å². The first-order valence-corrected chi connectivity index (χ1v) is 7.35. The molecule has 3 N–H and O–H groups in total. The molecule has 0 bridgehead atoms. The van der Waals surface area contributed by atoms with Gasteiger partial charge in [0, 0.05) is 24.9 Å². The molecule has 0 aliphatic rings. The molecule has 0 aliphatic heterocycles. The Hall–Kier alpha value is -2.56. The van der Waals surface area contributed by atoms with Crippen molar-refractivity contribution in [1.82, 2.24) is 9.97 Å². The largest absolute Gasteiger partial charge is 0.433 e. The maximum absolute atomic E-state index is 12.9. The number of nitrogens with zero attached hydrogens (tertiary/aromatic N) is 2. The van der Waals surface area contributed by atoms with Crippen LogP contribution >= 0.6 is 0 Å². The summed E-state index contributed by atoms with van der Waals surface area (Å²) in [6, 6.07) is 4.41. The van der Waals surface area contributed by atoms with E-state index in [1.54, 1.807) is 0 Å². The third kappa shape index (κ3) is 5.48. The number of anilines is 3. The number of benzene rings is 1. The molecule has 0 fully saturated rings. The molecule has 1 aromatic carbocycles. The predicted molar refractivity (Wildman–Crippen MR) is 82.0 cm³/mol. The van der Waals surface area contributed by atoms with Crippen molar-refractivity contribution in [2.24, 2.45) is 0 Å². The maximum Gasteiger partial charge on any atom is 0.433 e. The van der Waals surface area contributed by atoms with E-state index in [-0.39, 0.29) is 37.0 Å². The van der Waals surface area contributed by atoms with Gasteiger partial charge >= 0.3 is 12.4 Å². The molecule has 2 rings (SSSR count). The highest BCUT2D eigenvalue weighted by Gasteiger charge is 2.34. The monoisotopic (exact) mass is 380 g/mol. The quantitative estimate of drug-likeness (QED) is 0.521. The van der Waals surface area contributed by atoms with Crippen LogP contribution in [0.25, 0.3) is 0 Å². The first-order valence-electron chi connectivity index (χ1n) is 7.35. The van der Waals surface area contributed by atoms with E-state index in [0.717, 1.165) is 24.3 Å². The molecule has 0 amide bonds. The van der Waals surface area contributed by atoms with E-state index in [4.69, 9.17) is 5.11 Å². The van der Waals surface area contributed by atoms with Crippen molar-refractivity contribution >= 4 is 17.5 Å². The van der Waals surface area contributed by atoms with Crippen molar-refractivity contribution in [2.75, 3.05) is 23.8 Å². The zero-order chi connectivity index (χ0) is 19.4. The number of hydrogen-bond acceptors (Lipinski definition) is 5. The van der Waals surface area contributed by atoms with Crippen LogP contribution in [0.3, 0.4) is 0 Å². The van der Waals surface area contributed by atoms with Crippen LogP contribution in [-0.4, -0.2) is 28.2 Å². The second kappa shape index (κ2) is 7.77. The molecule has 26 heavy (non-hydrogen) atoms. The van der Waals surface area contributed by atoms with Crippen LogP contribution < -0.4 is 10.6 Å². The molecule has 11 heteroatoms. The Bertz CT molecular complexity index is 730. The molecular formula is C15H14F6N4O. The summed E-state index contributed by atoms with van der Waals surface area (Å²) in [6.45, 7) is -0.0137. The SMILES string of the molecule is OCCCNc1nc(Nc2ccc(C(F)(F)F)cc2)cc(C(F)(F)F)n1. The zero-order valence-corrected chi connectivity index (χ0v) is 13.1. The summed E-state index contributed by atoms with van der Waals surface area (Å²) in [7, 11) is 0. The van der Waals surface area contributed by atoms with E-state index in [1.165, 1.54) is 0 Å². The third-order valence-corrected chi connectivity index (χ3v) is 3.12. The molecular weight excluding hydrogens is 366 g/mol. The van der Waals surface area contributed by atoms with Gasteiger partial charge in [0.2, 0.25) is 5.95 Å². The Morgan fingerprint density at radius 2 is 1.58 bits per heavy atom. The standard InChI is InChI=1S/C15H14F6N4O/c16-14(17,18)9-2-4-10(5-3-9)23-12-8-11(15(19,20)21)24-13(25-12)22-6-1-7-26/h2-5,8,26H,1,6-7H2,(H2,22,23,24,25). The van der Waals surface area contributed by atoms with Gasteiger partial charge in [-0.05, 0) is 30.7 Å². The summed E-state index contributed by atoms with van der Waals surface area (Å²) in [5.74, 6) is -0.554. The molecule has 0 saturated carbocycles. The number of halogens is 6. The van der Waals surface area contributed by atoms with Gasteiger partial charge in [-0.3, -0.25) is 0 Å². The van der Waals surface area contributed by atoms with Gasteiger partial charge in [-0.15, -0.1) is 0 Å². The molecule has 2 aromatic rings. The highest BCUT2D eigenvalue weighted by molar-refractivity contribution is 5.58. The summed E-state index contributed by atoms with van der Waals surface area (Å²) in [4.78, 5) is 7.19. The van der Waals surface area contributed by atoms with Crippen LogP contribution in [0.5, 0.6) is 0 Å². The van der Waals surface area contributed by atoms with E-state index in [0.29, 0.717) is 6.07 Å². The molecule has 0 atom stereocenters. The van der Waals surface area contributed by atoms with Crippen molar-refractivity contribution in [3.05, 3.63) is 41.6 Å². The van der Waals surface area contributed by atoms with Crippen LogP contribution in [0.1, 0.15) is 17.7 Å². The van der Waals surface area contributed by atoms with E-state index < -0.39 is 23.6 Å². The van der Waals surface area contributed by atoms with Gasteiger partial charge in [0.25, 0.3) is 0 Å². The molecule has 0 spiro atoms. The van der Waals surface area contributed by atoms with Gasteiger partial charge in [0.15, 0.2) is 5.69 Å². The highest BCUT2D eigenvalue weighted by Crippen LogP contribution is 2.32. The smallest absolute Gasteiger partial charge is 0.396 e. The van der Waals surface area contributed by atoms with Crippen molar-refractivity contribution in [3.8, 4) is 0 Å². The van der Waals surface area contributed by atoms with E-state index in [1.807, 2.05) is 0 Å². The van der Waals surface area contributed by atoms with Gasteiger partial charge in [0.1, 0.15) is 5.82 Å². The molecule has 142 valence electrons. The van der Waals surface area contributed by atoms with Crippen LogP contribution in [0.15, 0.2) is 30.3 Å². The fourth-order valence-corrected chi connectivity index (χ4v) is 1.91. The minimum atomic E-state index is -4.73. The Balaban J connectivity index is 2.25. The average Bonchev–Trinajstić information content (AvgIpc) is 2.54. The van der Waals surface area contributed by atoms with Crippen LogP contribution in [0, 0.1) is 0 Å². The summed E-state index contributed by atoms with van der Waals surface area (Å²) >= 11 is 0. The molecule has 5 nitrogen and oxygen atoms in total. The maximum atomic E-state index is 12.9. The van der Waals surface area contributed by atoms with E-state index in [9.17, 15) is 26.3 Å². The first kappa shape index (κ1) is 19.8. The van der Waals surface area contributed by atoms with Crippen LogP contribution in [-0.2, 0) is 12.4 Å². The number of aliphatic hydroxyl groups excluding tert-OH is 1. The zero-order valence-electron chi connectivity index (χ0n) is 13.1. The molecule has 1 heterocycles. The number of rotatable bonds is 6. The van der Waals surface area contributed by atoms with Gasteiger partial charge in [-0.2, -0.15) is 31.3 Å². The highest BCUT2D eigenvalue weighted by atomic mass is 19.4. The Kier molecular flexibility index (Phi) is 5.90. The van der Waals surface area contributed by atoms with Gasteiger partial charge in [0.05, 0.1) is 5.56 Å². The van der Waals surface area contributed by atoms with Crippen molar-refractivity contribution in [1.29, 1.82) is 0 Å². The molecule has 0 aliphatic carbocycles. The molecule has 0 saturated heterocycles. The molecule has 0 radical (unpaired) electrons. The van der Waals surface area contributed by atoms with E-state index >= 15 is 0 Å². The number of aromatic nitrogens is 2. The lowest BCUT2D eigenvalue weighted by molar-refractivity contribution is -0.141. The summed E-state index contributed by atoms with van der Waals surface area (Å²) in [5, 5.41) is 13.8. The fourth-order valence-electron chi connectivity index (χ4n) is 1.91. The number of aliphatic hydroxyl groups is 1. The number of alkyl halides is 6. The third-order valence-electron chi connectivity index (χ3n) is 3.12. The first-order chi connectivity index (χ1) is 12.1. The second-order valence-electron chi connectivity index (χ2n) is 5.16.